The van der Waals surface area contributed by atoms with Gasteiger partial charge in [0.15, 0.2) is 14.6 Å². The second-order valence-electron chi connectivity index (χ2n) is 5.33. The summed E-state index contributed by atoms with van der Waals surface area (Å²) in [4.78, 5) is 3.38. The molecular formula is C13H16N2O2S3. The van der Waals surface area contributed by atoms with E-state index in [0.29, 0.717) is 15.2 Å². The van der Waals surface area contributed by atoms with Crippen LogP contribution in [0.25, 0.3) is 11.0 Å². The van der Waals surface area contributed by atoms with Crippen LogP contribution in [0.4, 0.5) is 0 Å². The van der Waals surface area contributed by atoms with E-state index in [-0.39, 0.29) is 4.75 Å². The van der Waals surface area contributed by atoms with Gasteiger partial charge < -0.3 is 9.55 Å². The third-order valence-electron chi connectivity index (χ3n) is 3.86. The Bertz CT molecular complexity index is 829. The van der Waals surface area contributed by atoms with Gasteiger partial charge in [-0.05, 0) is 43.4 Å². The average Bonchev–Trinajstić information content (AvgIpc) is 3.08. The molecule has 1 aliphatic carbocycles. The summed E-state index contributed by atoms with van der Waals surface area (Å²) in [7, 11) is -3.26. The van der Waals surface area contributed by atoms with Gasteiger partial charge in [0.1, 0.15) is 0 Å². The highest BCUT2D eigenvalue weighted by molar-refractivity contribution is 8.00. The molecule has 108 valence electrons. The van der Waals surface area contributed by atoms with E-state index >= 15 is 0 Å². The molecule has 2 aromatic rings. The highest BCUT2D eigenvalue weighted by Crippen LogP contribution is 2.48. The maximum Gasteiger partial charge on any atom is 0.178 e. The standard InChI is InChI=1S/C13H16N2O2S3/c1-19-13(6-7-13)8-15-9-4-3-5-10(20(2,16)17)11(9)14-12(15)18/h3-5H,6-8H2,1-2H3,(H,14,18). The Balaban J connectivity index is 2.20. The molecule has 1 heterocycles. The summed E-state index contributed by atoms with van der Waals surface area (Å²) in [5.74, 6) is 0. The Hall–Kier alpha value is -0.790. The SMILES string of the molecule is CSC1(Cn2c(=S)[nH]c3c(S(C)(=O)=O)cccc32)CC1. The first-order valence-electron chi connectivity index (χ1n) is 6.33. The number of aromatic nitrogens is 2. The molecule has 0 amide bonds. The van der Waals surface area contributed by atoms with Crippen LogP contribution in [0, 0.1) is 4.77 Å². The quantitative estimate of drug-likeness (QED) is 0.877. The lowest BCUT2D eigenvalue weighted by molar-refractivity contribution is 0.602. The fraction of sp³-hybridized carbons (Fsp3) is 0.462. The number of hydrogen-bond acceptors (Lipinski definition) is 4. The Morgan fingerprint density at radius 1 is 1.45 bits per heavy atom. The maximum absolute atomic E-state index is 11.9. The molecule has 0 saturated heterocycles. The van der Waals surface area contributed by atoms with Crippen molar-refractivity contribution in [1.29, 1.82) is 0 Å². The van der Waals surface area contributed by atoms with E-state index in [2.05, 4.69) is 11.2 Å². The van der Waals surface area contributed by atoms with E-state index in [9.17, 15) is 8.42 Å². The maximum atomic E-state index is 11.9. The molecule has 0 unspecified atom stereocenters. The van der Waals surface area contributed by atoms with Gasteiger partial charge in [-0.15, -0.1) is 0 Å². The van der Waals surface area contributed by atoms with Crippen LogP contribution in [0.15, 0.2) is 23.1 Å². The van der Waals surface area contributed by atoms with E-state index in [0.717, 1.165) is 12.1 Å². The van der Waals surface area contributed by atoms with Gasteiger partial charge in [-0.1, -0.05) is 6.07 Å². The van der Waals surface area contributed by atoms with Crippen molar-refractivity contribution in [3.8, 4) is 0 Å². The monoisotopic (exact) mass is 328 g/mol. The van der Waals surface area contributed by atoms with Gasteiger partial charge in [0.05, 0.1) is 15.9 Å². The molecule has 4 nitrogen and oxygen atoms in total. The fourth-order valence-corrected chi connectivity index (χ4v) is 4.36. The van der Waals surface area contributed by atoms with E-state index in [4.69, 9.17) is 12.2 Å². The molecule has 1 N–H and O–H groups in total. The summed E-state index contributed by atoms with van der Waals surface area (Å²) in [6.45, 7) is 0.834. The van der Waals surface area contributed by atoms with Crippen molar-refractivity contribution in [1.82, 2.24) is 9.55 Å². The summed E-state index contributed by atoms with van der Waals surface area (Å²) in [5, 5.41) is 0. The molecule has 0 spiro atoms. The normalized spacial score (nSPS) is 17.5. The molecule has 1 aliphatic rings. The second-order valence-corrected chi connectivity index (χ2v) is 8.97. The molecule has 0 atom stereocenters. The van der Waals surface area contributed by atoms with Gasteiger partial charge in [0.2, 0.25) is 0 Å². The largest absolute Gasteiger partial charge is 0.329 e. The molecule has 7 heteroatoms. The predicted molar refractivity (Wildman–Crippen MR) is 85.7 cm³/mol. The molecule has 1 aromatic heterocycles. The number of thioether (sulfide) groups is 1. The first kappa shape index (κ1) is 14.2. The number of hydrogen-bond donors (Lipinski definition) is 1. The number of H-pyrrole nitrogens is 1. The van der Waals surface area contributed by atoms with Crippen LogP contribution in [0.3, 0.4) is 0 Å². The van der Waals surface area contributed by atoms with Gasteiger partial charge in [-0.25, -0.2) is 8.42 Å². The minimum atomic E-state index is -3.26. The molecular weight excluding hydrogens is 312 g/mol. The number of nitrogens with zero attached hydrogens (tertiary/aromatic N) is 1. The molecule has 1 fully saturated rings. The summed E-state index contributed by atoms with van der Waals surface area (Å²) in [6, 6.07) is 5.32. The minimum absolute atomic E-state index is 0.272. The highest BCUT2D eigenvalue weighted by atomic mass is 32.2. The molecule has 1 aromatic carbocycles. The van der Waals surface area contributed by atoms with Gasteiger partial charge in [0.25, 0.3) is 0 Å². The molecule has 20 heavy (non-hydrogen) atoms. The number of sulfone groups is 1. The zero-order valence-corrected chi connectivity index (χ0v) is 13.8. The topological polar surface area (TPSA) is 54.9 Å². The molecule has 1 saturated carbocycles. The molecule has 0 radical (unpaired) electrons. The summed E-state index contributed by atoms with van der Waals surface area (Å²) in [6.07, 6.45) is 5.72. The number of rotatable bonds is 4. The zero-order valence-electron chi connectivity index (χ0n) is 11.3. The minimum Gasteiger partial charge on any atom is -0.329 e. The first-order valence-corrected chi connectivity index (χ1v) is 9.85. The summed E-state index contributed by atoms with van der Waals surface area (Å²) >= 11 is 7.25. The Morgan fingerprint density at radius 2 is 2.15 bits per heavy atom. The van der Waals surface area contributed by atoms with Crippen LogP contribution in [0.5, 0.6) is 0 Å². The van der Waals surface area contributed by atoms with Crippen LogP contribution < -0.4 is 0 Å². The number of para-hydroxylation sites is 1. The number of nitrogens with one attached hydrogen (secondary N) is 1. The summed E-state index contributed by atoms with van der Waals surface area (Å²) < 4.78 is 26.6. The van der Waals surface area contributed by atoms with Crippen LogP contribution in [0.1, 0.15) is 12.8 Å². The average molecular weight is 328 g/mol. The van der Waals surface area contributed by atoms with E-state index in [1.54, 1.807) is 12.1 Å². The first-order chi connectivity index (χ1) is 9.36. The van der Waals surface area contributed by atoms with Crippen LogP contribution >= 0.6 is 24.0 Å². The lowest BCUT2D eigenvalue weighted by Gasteiger charge is -2.13. The van der Waals surface area contributed by atoms with E-state index in [1.165, 1.54) is 19.1 Å². The van der Waals surface area contributed by atoms with Crippen LogP contribution in [-0.2, 0) is 16.4 Å². The van der Waals surface area contributed by atoms with Crippen molar-refractivity contribution in [2.75, 3.05) is 12.5 Å². The zero-order chi connectivity index (χ0) is 14.5. The van der Waals surface area contributed by atoms with Crippen molar-refractivity contribution in [2.45, 2.75) is 29.0 Å². The summed E-state index contributed by atoms with van der Waals surface area (Å²) in [5.41, 5.74) is 1.50. The third kappa shape index (κ3) is 2.31. The van der Waals surface area contributed by atoms with Crippen molar-refractivity contribution < 1.29 is 8.42 Å². The Morgan fingerprint density at radius 3 is 2.70 bits per heavy atom. The molecule has 3 rings (SSSR count). The number of aromatic amines is 1. The smallest absolute Gasteiger partial charge is 0.178 e. The van der Waals surface area contributed by atoms with Crippen molar-refractivity contribution in [3.63, 3.8) is 0 Å². The molecule has 0 bridgehead atoms. The predicted octanol–water partition coefficient (Wildman–Crippen LogP) is 3.00. The van der Waals surface area contributed by atoms with Crippen molar-refractivity contribution in [3.05, 3.63) is 23.0 Å². The van der Waals surface area contributed by atoms with Crippen LogP contribution in [0.2, 0.25) is 0 Å². The van der Waals surface area contributed by atoms with Gasteiger partial charge >= 0.3 is 0 Å². The highest BCUT2D eigenvalue weighted by Gasteiger charge is 2.42. The van der Waals surface area contributed by atoms with E-state index < -0.39 is 9.84 Å². The van der Waals surface area contributed by atoms with Gasteiger partial charge in [-0.2, -0.15) is 11.8 Å². The third-order valence-corrected chi connectivity index (χ3v) is 6.72. The van der Waals surface area contributed by atoms with Crippen LogP contribution in [-0.4, -0.2) is 35.2 Å². The van der Waals surface area contributed by atoms with Crippen molar-refractivity contribution in [2.24, 2.45) is 0 Å². The molecule has 0 aliphatic heterocycles. The number of benzene rings is 1. The lowest BCUT2D eigenvalue weighted by atomic mass is 10.3. The van der Waals surface area contributed by atoms with Gasteiger partial charge in [0, 0.05) is 17.5 Å². The number of fused-ring (bicyclic) bond motifs is 1. The second kappa shape index (κ2) is 4.61. The fourth-order valence-electron chi connectivity index (χ4n) is 2.47. The number of imidazole rings is 1. The lowest BCUT2D eigenvalue weighted by Crippen LogP contribution is -2.13. The Kier molecular flexibility index (Phi) is 3.26. The van der Waals surface area contributed by atoms with Gasteiger partial charge in [-0.3, -0.25) is 0 Å². The van der Waals surface area contributed by atoms with Crippen molar-refractivity contribution >= 4 is 44.9 Å². The Labute approximate surface area is 127 Å². The van der Waals surface area contributed by atoms with E-state index in [1.807, 2.05) is 22.4 Å².